The van der Waals surface area contributed by atoms with E-state index in [2.05, 4.69) is 15.5 Å². The minimum atomic E-state index is -0.612. The number of fused-ring (bicyclic) bond motifs is 1. The van der Waals surface area contributed by atoms with E-state index in [0.29, 0.717) is 18.9 Å². The Bertz CT molecular complexity index is 544. The van der Waals surface area contributed by atoms with E-state index in [9.17, 15) is 8.78 Å². The summed E-state index contributed by atoms with van der Waals surface area (Å²) in [5.74, 6) is -0.261. The number of benzene rings is 1. The maximum Gasteiger partial charge on any atom is 0.170 e. The Morgan fingerprint density at radius 3 is 2.71 bits per heavy atom. The van der Waals surface area contributed by atoms with E-state index in [4.69, 9.17) is 0 Å². The van der Waals surface area contributed by atoms with Crippen molar-refractivity contribution < 1.29 is 8.78 Å². The van der Waals surface area contributed by atoms with Crippen molar-refractivity contribution in [3.8, 4) is 11.4 Å². The highest BCUT2D eigenvalue weighted by Gasteiger charge is 2.21. The molecule has 0 aliphatic carbocycles. The second kappa shape index (κ2) is 3.89. The number of aromatic nitrogens is 3. The van der Waals surface area contributed by atoms with E-state index in [-0.39, 0.29) is 11.4 Å². The van der Waals surface area contributed by atoms with Gasteiger partial charge in [0.05, 0.1) is 12.1 Å². The molecule has 2 aromatic rings. The summed E-state index contributed by atoms with van der Waals surface area (Å²) in [4.78, 5) is 0. The third-order valence-electron chi connectivity index (χ3n) is 2.81. The molecule has 1 aliphatic heterocycles. The molecule has 4 nitrogen and oxygen atoms in total. The fraction of sp³-hybridized carbons (Fsp3) is 0.273. The number of nitrogens with zero attached hydrogens (tertiary/aromatic N) is 3. The van der Waals surface area contributed by atoms with Gasteiger partial charge in [-0.15, -0.1) is 10.2 Å². The van der Waals surface area contributed by atoms with Gasteiger partial charge in [-0.3, -0.25) is 0 Å². The molecule has 0 spiro atoms. The van der Waals surface area contributed by atoms with Crippen LogP contribution in [0.5, 0.6) is 0 Å². The third kappa shape index (κ3) is 1.61. The Balaban J connectivity index is 2.19. The molecule has 1 aliphatic rings. The van der Waals surface area contributed by atoms with Gasteiger partial charge in [0.25, 0.3) is 0 Å². The molecule has 0 fully saturated rings. The molecular formula is C11H10F2N4. The van der Waals surface area contributed by atoms with Crippen LogP contribution in [-0.2, 0) is 13.1 Å². The first-order valence-electron chi connectivity index (χ1n) is 5.34. The Morgan fingerprint density at radius 1 is 1.18 bits per heavy atom. The largest absolute Gasteiger partial charge is 0.308 e. The summed E-state index contributed by atoms with van der Waals surface area (Å²) in [6.07, 6.45) is 0. The van der Waals surface area contributed by atoms with Crippen molar-refractivity contribution in [3.63, 3.8) is 0 Å². The van der Waals surface area contributed by atoms with E-state index < -0.39 is 11.6 Å². The molecule has 0 amide bonds. The zero-order chi connectivity index (χ0) is 11.8. The third-order valence-corrected chi connectivity index (χ3v) is 2.81. The molecule has 1 N–H and O–H groups in total. The molecule has 0 atom stereocenters. The van der Waals surface area contributed by atoms with Crippen LogP contribution in [0.3, 0.4) is 0 Å². The molecule has 88 valence electrons. The topological polar surface area (TPSA) is 42.7 Å². The predicted molar refractivity (Wildman–Crippen MR) is 57.1 cm³/mol. The van der Waals surface area contributed by atoms with Crippen molar-refractivity contribution in [2.75, 3.05) is 6.54 Å². The molecule has 1 aromatic heterocycles. The summed E-state index contributed by atoms with van der Waals surface area (Å²) in [6.45, 7) is 1.93. The van der Waals surface area contributed by atoms with Crippen LogP contribution in [0.15, 0.2) is 18.2 Å². The average molecular weight is 236 g/mol. The standard InChI is InChI=1S/C11H10F2N4/c12-7-2-1-3-8(13)10(7)11-16-15-9-6-14-4-5-17(9)11/h1-3,14H,4-6H2. The minimum absolute atomic E-state index is 0.104. The lowest BCUT2D eigenvalue weighted by Crippen LogP contribution is -2.28. The average Bonchev–Trinajstić information content (AvgIpc) is 2.73. The van der Waals surface area contributed by atoms with Gasteiger partial charge in [-0.25, -0.2) is 8.78 Å². The Kier molecular flexibility index (Phi) is 2.36. The number of hydrogen-bond donors (Lipinski definition) is 1. The van der Waals surface area contributed by atoms with Gasteiger partial charge in [-0.2, -0.15) is 0 Å². The minimum Gasteiger partial charge on any atom is -0.308 e. The second-order valence-electron chi connectivity index (χ2n) is 3.86. The Labute approximate surface area is 96.3 Å². The van der Waals surface area contributed by atoms with E-state index >= 15 is 0 Å². The smallest absolute Gasteiger partial charge is 0.170 e. The first kappa shape index (κ1) is 10.3. The fourth-order valence-corrected chi connectivity index (χ4v) is 1.99. The normalized spacial score (nSPS) is 14.7. The van der Waals surface area contributed by atoms with E-state index in [0.717, 1.165) is 6.54 Å². The molecular weight excluding hydrogens is 226 g/mol. The van der Waals surface area contributed by atoms with E-state index in [1.807, 2.05) is 0 Å². The molecule has 0 saturated carbocycles. The highest BCUT2D eigenvalue weighted by Crippen LogP contribution is 2.25. The molecule has 6 heteroatoms. The van der Waals surface area contributed by atoms with Crippen LogP contribution < -0.4 is 5.32 Å². The lowest BCUT2D eigenvalue weighted by molar-refractivity contribution is 0.505. The Hall–Kier alpha value is -1.82. The van der Waals surface area contributed by atoms with Crippen LogP contribution in [0.25, 0.3) is 11.4 Å². The van der Waals surface area contributed by atoms with Crippen LogP contribution in [0, 0.1) is 11.6 Å². The monoisotopic (exact) mass is 236 g/mol. The zero-order valence-corrected chi connectivity index (χ0v) is 8.95. The van der Waals surface area contributed by atoms with Gasteiger partial charge in [-0.1, -0.05) is 6.07 Å². The summed E-state index contributed by atoms with van der Waals surface area (Å²) in [7, 11) is 0. The maximum absolute atomic E-state index is 13.6. The van der Waals surface area contributed by atoms with Gasteiger partial charge >= 0.3 is 0 Å². The lowest BCUT2D eigenvalue weighted by atomic mass is 10.2. The van der Waals surface area contributed by atoms with E-state index in [1.54, 1.807) is 4.57 Å². The first-order chi connectivity index (χ1) is 8.27. The molecule has 3 rings (SSSR count). The van der Waals surface area contributed by atoms with E-state index in [1.165, 1.54) is 18.2 Å². The van der Waals surface area contributed by atoms with Crippen molar-refractivity contribution in [2.24, 2.45) is 0 Å². The first-order valence-corrected chi connectivity index (χ1v) is 5.34. The van der Waals surface area contributed by atoms with Gasteiger partial charge in [0, 0.05) is 13.1 Å². The molecule has 1 aromatic carbocycles. The van der Waals surface area contributed by atoms with Crippen molar-refractivity contribution in [1.82, 2.24) is 20.1 Å². The molecule has 0 unspecified atom stereocenters. The lowest BCUT2D eigenvalue weighted by Gasteiger charge is -2.16. The fourth-order valence-electron chi connectivity index (χ4n) is 1.99. The van der Waals surface area contributed by atoms with Crippen LogP contribution in [0.1, 0.15) is 5.82 Å². The van der Waals surface area contributed by atoms with Crippen molar-refractivity contribution in [2.45, 2.75) is 13.1 Å². The number of rotatable bonds is 1. The van der Waals surface area contributed by atoms with Crippen LogP contribution >= 0.6 is 0 Å². The van der Waals surface area contributed by atoms with Gasteiger partial charge in [-0.05, 0) is 12.1 Å². The zero-order valence-electron chi connectivity index (χ0n) is 8.95. The number of nitrogens with one attached hydrogen (secondary N) is 1. The summed E-state index contributed by atoms with van der Waals surface area (Å²) in [5.41, 5.74) is -0.104. The molecule has 0 bridgehead atoms. The highest BCUT2D eigenvalue weighted by molar-refractivity contribution is 5.57. The summed E-state index contributed by atoms with van der Waals surface area (Å²) >= 11 is 0. The summed E-state index contributed by atoms with van der Waals surface area (Å²) < 4.78 is 29.0. The van der Waals surface area contributed by atoms with Crippen LogP contribution in [-0.4, -0.2) is 21.3 Å². The number of halogens is 2. The van der Waals surface area contributed by atoms with Crippen LogP contribution in [0.4, 0.5) is 8.78 Å². The summed E-state index contributed by atoms with van der Waals surface area (Å²) in [6, 6.07) is 3.78. The highest BCUT2D eigenvalue weighted by atomic mass is 19.1. The quantitative estimate of drug-likeness (QED) is 0.812. The van der Waals surface area contributed by atoms with Crippen molar-refractivity contribution in [1.29, 1.82) is 0 Å². The van der Waals surface area contributed by atoms with Gasteiger partial charge in [0.2, 0.25) is 0 Å². The molecule has 0 saturated heterocycles. The SMILES string of the molecule is Fc1cccc(F)c1-c1nnc2n1CCNC2. The maximum atomic E-state index is 13.6. The molecule has 2 heterocycles. The molecule has 0 radical (unpaired) electrons. The van der Waals surface area contributed by atoms with Gasteiger partial charge in [0.1, 0.15) is 17.5 Å². The van der Waals surface area contributed by atoms with Crippen molar-refractivity contribution in [3.05, 3.63) is 35.7 Å². The second-order valence-corrected chi connectivity index (χ2v) is 3.86. The van der Waals surface area contributed by atoms with Crippen LogP contribution in [0.2, 0.25) is 0 Å². The molecule has 17 heavy (non-hydrogen) atoms. The Morgan fingerprint density at radius 2 is 1.94 bits per heavy atom. The summed E-state index contributed by atoms with van der Waals surface area (Å²) in [5, 5.41) is 10.9. The van der Waals surface area contributed by atoms with Gasteiger partial charge in [0.15, 0.2) is 5.82 Å². The van der Waals surface area contributed by atoms with Gasteiger partial charge < -0.3 is 9.88 Å². The predicted octanol–water partition coefficient (Wildman–Crippen LogP) is 1.33. The van der Waals surface area contributed by atoms with Crippen molar-refractivity contribution >= 4 is 0 Å². The number of hydrogen-bond acceptors (Lipinski definition) is 3.